The van der Waals surface area contributed by atoms with E-state index >= 15 is 0 Å². The molecule has 8 nitrogen and oxygen atoms in total. The van der Waals surface area contributed by atoms with Crippen LogP contribution in [-0.4, -0.2) is 51.3 Å². The molecule has 1 aliphatic rings. The molecule has 0 spiro atoms. The molecule has 2 amide bonds. The third kappa shape index (κ3) is 5.33. The predicted octanol–water partition coefficient (Wildman–Crippen LogP) is 0.607. The Labute approximate surface area is 170 Å². The van der Waals surface area contributed by atoms with Crippen LogP contribution in [0.25, 0.3) is 0 Å². The van der Waals surface area contributed by atoms with Crippen molar-refractivity contribution in [1.29, 1.82) is 0 Å². The van der Waals surface area contributed by atoms with Gasteiger partial charge in [0.15, 0.2) is 0 Å². The first-order valence-corrected chi connectivity index (χ1v) is 10.8. The molecule has 29 heavy (non-hydrogen) atoms. The molecule has 1 fully saturated rings. The van der Waals surface area contributed by atoms with Crippen LogP contribution in [0.3, 0.4) is 0 Å². The molecule has 154 valence electrons. The quantitative estimate of drug-likeness (QED) is 0.709. The van der Waals surface area contributed by atoms with Crippen LogP contribution in [-0.2, 0) is 26.2 Å². The normalized spacial score (nSPS) is 14.6. The summed E-state index contributed by atoms with van der Waals surface area (Å²) in [5, 5.41) is 7.63. The van der Waals surface area contributed by atoms with Gasteiger partial charge in [-0.05, 0) is 42.3 Å². The molecule has 0 radical (unpaired) electrons. The number of nitrogens with one attached hydrogen (secondary N) is 1. The minimum atomic E-state index is -3.76. The van der Waals surface area contributed by atoms with Gasteiger partial charge in [-0.25, -0.2) is 13.6 Å². The number of nitrogens with zero attached hydrogens (tertiary/aromatic N) is 2. The summed E-state index contributed by atoms with van der Waals surface area (Å²) in [4.78, 5) is 28.3. The van der Waals surface area contributed by atoms with Gasteiger partial charge in [0.25, 0.3) is 0 Å². The summed E-state index contributed by atoms with van der Waals surface area (Å²) in [5.41, 5.74) is 2.96. The van der Waals surface area contributed by atoms with E-state index in [1.54, 1.807) is 17.0 Å². The van der Waals surface area contributed by atoms with Crippen molar-refractivity contribution in [2.24, 2.45) is 5.14 Å². The molecule has 3 rings (SSSR count). The SMILES string of the molecule is Cc1cccc(N2CCN(C(=O)C(=O)NCc3ccc(S(N)(=O)=O)cc3)CC2)c1. The van der Waals surface area contributed by atoms with Crippen molar-refractivity contribution >= 4 is 27.5 Å². The van der Waals surface area contributed by atoms with Crippen LogP contribution in [0.2, 0.25) is 0 Å². The van der Waals surface area contributed by atoms with Gasteiger partial charge in [0.1, 0.15) is 0 Å². The first-order chi connectivity index (χ1) is 13.7. The number of nitrogens with two attached hydrogens (primary N) is 1. The third-order valence-electron chi connectivity index (χ3n) is 4.83. The molecule has 0 unspecified atom stereocenters. The van der Waals surface area contributed by atoms with E-state index in [9.17, 15) is 18.0 Å². The van der Waals surface area contributed by atoms with E-state index in [0.29, 0.717) is 31.7 Å². The van der Waals surface area contributed by atoms with E-state index in [1.807, 2.05) is 25.1 Å². The van der Waals surface area contributed by atoms with Crippen molar-refractivity contribution in [2.75, 3.05) is 31.1 Å². The number of sulfonamides is 1. The molecule has 1 heterocycles. The number of hydrogen-bond acceptors (Lipinski definition) is 5. The van der Waals surface area contributed by atoms with Crippen LogP contribution in [0.1, 0.15) is 11.1 Å². The second-order valence-corrected chi connectivity index (χ2v) is 8.55. The summed E-state index contributed by atoms with van der Waals surface area (Å²) < 4.78 is 22.5. The predicted molar refractivity (Wildman–Crippen MR) is 110 cm³/mol. The molecule has 2 aromatic carbocycles. The van der Waals surface area contributed by atoms with Crippen molar-refractivity contribution in [3.63, 3.8) is 0 Å². The average Bonchev–Trinajstić information content (AvgIpc) is 2.71. The van der Waals surface area contributed by atoms with E-state index in [2.05, 4.69) is 16.3 Å². The Morgan fingerprint density at radius 2 is 1.69 bits per heavy atom. The Kier molecular flexibility index (Phi) is 6.19. The lowest BCUT2D eigenvalue weighted by Crippen LogP contribution is -2.52. The summed E-state index contributed by atoms with van der Waals surface area (Å²) in [5.74, 6) is -1.24. The van der Waals surface area contributed by atoms with Crippen LogP contribution >= 0.6 is 0 Å². The summed E-state index contributed by atoms with van der Waals surface area (Å²) >= 11 is 0. The number of carbonyl (C=O) groups excluding carboxylic acids is 2. The zero-order valence-corrected chi connectivity index (χ0v) is 17.0. The monoisotopic (exact) mass is 416 g/mol. The van der Waals surface area contributed by atoms with Gasteiger partial charge in [-0.3, -0.25) is 9.59 Å². The standard InChI is InChI=1S/C20H24N4O4S/c1-15-3-2-4-17(13-15)23-9-11-24(12-10-23)20(26)19(25)22-14-16-5-7-18(8-6-16)29(21,27)28/h2-8,13H,9-12,14H2,1H3,(H,22,25)(H2,21,27,28). The fourth-order valence-electron chi connectivity index (χ4n) is 3.19. The minimum absolute atomic E-state index is 0.00451. The van der Waals surface area contributed by atoms with Gasteiger partial charge in [0, 0.05) is 38.4 Å². The number of piperazine rings is 1. The molecule has 0 aromatic heterocycles. The van der Waals surface area contributed by atoms with Crippen LogP contribution in [0.5, 0.6) is 0 Å². The fourth-order valence-corrected chi connectivity index (χ4v) is 3.71. The Hall–Kier alpha value is -2.91. The van der Waals surface area contributed by atoms with Gasteiger partial charge < -0.3 is 15.1 Å². The molecule has 0 aliphatic carbocycles. The second-order valence-electron chi connectivity index (χ2n) is 6.99. The maximum Gasteiger partial charge on any atom is 0.312 e. The Morgan fingerprint density at radius 3 is 2.28 bits per heavy atom. The highest BCUT2D eigenvalue weighted by Gasteiger charge is 2.26. The molecule has 1 saturated heterocycles. The first kappa shape index (κ1) is 20.8. The van der Waals surface area contributed by atoms with Crippen LogP contribution < -0.4 is 15.4 Å². The number of primary sulfonamides is 1. The van der Waals surface area contributed by atoms with Crippen LogP contribution in [0.4, 0.5) is 5.69 Å². The van der Waals surface area contributed by atoms with E-state index in [-0.39, 0.29) is 11.4 Å². The lowest BCUT2D eigenvalue weighted by Gasteiger charge is -2.35. The number of rotatable bonds is 4. The van der Waals surface area contributed by atoms with Gasteiger partial charge in [-0.15, -0.1) is 0 Å². The van der Waals surface area contributed by atoms with Crippen molar-refractivity contribution in [3.8, 4) is 0 Å². The van der Waals surface area contributed by atoms with Crippen LogP contribution in [0.15, 0.2) is 53.4 Å². The van der Waals surface area contributed by atoms with Crippen molar-refractivity contribution < 1.29 is 18.0 Å². The van der Waals surface area contributed by atoms with Crippen LogP contribution in [0, 0.1) is 6.92 Å². The average molecular weight is 417 g/mol. The lowest BCUT2D eigenvalue weighted by atomic mass is 10.2. The number of hydrogen-bond donors (Lipinski definition) is 2. The smallest absolute Gasteiger partial charge is 0.312 e. The summed E-state index contributed by atoms with van der Waals surface area (Å²) in [7, 11) is -3.76. The molecular formula is C20H24N4O4S. The van der Waals surface area contributed by atoms with Gasteiger partial charge >= 0.3 is 11.8 Å². The number of carbonyl (C=O) groups is 2. The summed E-state index contributed by atoms with van der Waals surface area (Å²) in [6.45, 7) is 4.44. The van der Waals surface area contributed by atoms with Crippen molar-refractivity contribution in [3.05, 3.63) is 59.7 Å². The highest BCUT2D eigenvalue weighted by molar-refractivity contribution is 7.89. The van der Waals surface area contributed by atoms with Gasteiger partial charge in [0.05, 0.1) is 4.90 Å². The molecule has 2 aromatic rings. The summed E-state index contributed by atoms with van der Waals surface area (Å²) in [6.07, 6.45) is 0. The molecule has 9 heteroatoms. The Morgan fingerprint density at radius 1 is 1.03 bits per heavy atom. The highest BCUT2D eigenvalue weighted by Crippen LogP contribution is 2.18. The number of benzene rings is 2. The molecule has 0 atom stereocenters. The number of amides is 2. The molecular weight excluding hydrogens is 392 g/mol. The molecule has 0 saturated carbocycles. The Bertz CT molecular complexity index is 997. The molecule has 3 N–H and O–H groups in total. The van der Waals surface area contributed by atoms with Gasteiger partial charge in [-0.2, -0.15) is 0 Å². The maximum absolute atomic E-state index is 12.4. The van der Waals surface area contributed by atoms with E-state index in [4.69, 9.17) is 5.14 Å². The second kappa shape index (κ2) is 8.62. The minimum Gasteiger partial charge on any atom is -0.368 e. The summed E-state index contributed by atoms with van der Waals surface area (Å²) in [6, 6.07) is 14.0. The number of aryl methyl sites for hydroxylation is 1. The van der Waals surface area contributed by atoms with Gasteiger partial charge in [0.2, 0.25) is 10.0 Å². The molecule has 0 bridgehead atoms. The van der Waals surface area contributed by atoms with Crippen molar-refractivity contribution in [2.45, 2.75) is 18.4 Å². The lowest BCUT2D eigenvalue weighted by molar-refractivity contribution is -0.146. The van der Waals surface area contributed by atoms with E-state index in [0.717, 1.165) is 5.69 Å². The number of anilines is 1. The highest BCUT2D eigenvalue weighted by atomic mass is 32.2. The van der Waals surface area contributed by atoms with E-state index in [1.165, 1.54) is 17.7 Å². The van der Waals surface area contributed by atoms with Gasteiger partial charge in [-0.1, -0.05) is 24.3 Å². The van der Waals surface area contributed by atoms with E-state index < -0.39 is 21.8 Å². The largest absolute Gasteiger partial charge is 0.368 e. The zero-order valence-electron chi connectivity index (χ0n) is 16.2. The fraction of sp³-hybridized carbons (Fsp3) is 0.300. The zero-order chi connectivity index (χ0) is 21.0. The third-order valence-corrected chi connectivity index (χ3v) is 5.76. The Balaban J connectivity index is 1.50. The first-order valence-electron chi connectivity index (χ1n) is 9.24. The topological polar surface area (TPSA) is 113 Å². The molecule has 1 aliphatic heterocycles. The van der Waals surface area contributed by atoms with Crippen molar-refractivity contribution in [1.82, 2.24) is 10.2 Å². The maximum atomic E-state index is 12.4.